The highest BCUT2D eigenvalue weighted by Crippen LogP contribution is 2.27. The average Bonchev–Trinajstić information content (AvgIpc) is 3.01. The van der Waals surface area contributed by atoms with Crippen molar-refractivity contribution in [2.45, 2.75) is 38.1 Å². The summed E-state index contributed by atoms with van der Waals surface area (Å²) < 4.78 is 10.9. The van der Waals surface area contributed by atoms with E-state index in [9.17, 15) is 0 Å². The third-order valence-electron chi connectivity index (χ3n) is 4.43. The van der Waals surface area contributed by atoms with Crippen LogP contribution in [0.25, 0.3) is 11.0 Å². The van der Waals surface area contributed by atoms with Crippen LogP contribution in [0.15, 0.2) is 29.6 Å². The summed E-state index contributed by atoms with van der Waals surface area (Å²) in [7, 11) is 1.70. The summed E-state index contributed by atoms with van der Waals surface area (Å²) in [6.07, 6.45) is 2.68. The molecule has 0 aliphatic carbocycles. The van der Waals surface area contributed by atoms with Gasteiger partial charge in [-0.15, -0.1) is 0 Å². The molecule has 138 valence electrons. The normalized spacial score (nSPS) is 11.2. The first-order chi connectivity index (χ1) is 12.6. The fourth-order valence-electron chi connectivity index (χ4n) is 2.70. The number of aryl methyl sites for hydroxylation is 2. The Bertz CT molecular complexity index is 853. The third-order valence-corrected chi connectivity index (χ3v) is 5.31. The van der Waals surface area contributed by atoms with Gasteiger partial charge in [0.1, 0.15) is 5.75 Å². The van der Waals surface area contributed by atoms with Gasteiger partial charge in [-0.3, -0.25) is 4.98 Å². The summed E-state index contributed by atoms with van der Waals surface area (Å²) in [4.78, 5) is 12.6. The lowest BCUT2D eigenvalue weighted by Crippen LogP contribution is -2.04. The van der Waals surface area contributed by atoms with E-state index in [0.717, 1.165) is 45.4 Å². The van der Waals surface area contributed by atoms with E-state index >= 15 is 0 Å². The molecule has 3 rings (SSSR count). The number of nitrogens with zero attached hydrogens (tertiary/aromatic N) is 2. The molecule has 1 aromatic carbocycles. The SMILES string of the molecule is COCCCOc1ccnc(CSc2nc3cc(C)c(C)cc3[nH]2)c1C. The molecule has 0 saturated heterocycles. The molecule has 0 saturated carbocycles. The van der Waals surface area contributed by atoms with E-state index in [2.05, 4.69) is 47.9 Å². The van der Waals surface area contributed by atoms with E-state index in [-0.39, 0.29) is 0 Å². The van der Waals surface area contributed by atoms with Crippen LogP contribution in [0, 0.1) is 20.8 Å². The van der Waals surface area contributed by atoms with Crippen LogP contribution in [0.4, 0.5) is 0 Å². The number of thioether (sulfide) groups is 1. The molecular weight excluding hydrogens is 346 g/mol. The molecule has 5 nitrogen and oxygen atoms in total. The first-order valence-corrected chi connectivity index (χ1v) is 9.73. The van der Waals surface area contributed by atoms with Gasteiger partial charge in [0.2, 0.25) is 0 Å². The summed E-state index contributed by atoms with van der Waals surface area (Å²) >= 11 is 1.66. The lowest BCUT2D eigenvalue weighted by atomic mass is 10.1. The van der Waals surface area contributed by atoms with Gasteiger partial charge in [-0.05, 0) is 50.1 Å². The largest absolute Gasteiger partial charge is 0.493 e. The van der Waals surface area contributed by atoms with Crippen molar-refractivity contribution in [1.82, 2.24) is 15.0 Å². The molecule has 2 heterocycles. The second-order valence-corrected chi connectivity index (χ2v) is 7.32. The number of rotatable bonds is 8. The molecule has 3 aromatic rings. The van der Waals surface area contributed by atoms with Crippen LogP contribution in [-0.4, -0.2) is 35.3 Å². The summed E-state index contributed by atoms with van der Waals surface area (Å²) in [5.41, 5.74) is 6.73. The highest BCUT2D eigenvalue weighted by molar-refractivity contribution is 7.98. The van der Waals surface area contributed by atoms with Crippen LogP contribution in [0.3, 0.4) is 0 Å². The molecule has 0 aliphatic rings. The number of aromatic amines is 1. The topological polar surface area (TPSA) is 60.0 Å². The van der Waals surface area contributed by atoms with Crippen molar-refractivity contribution in [2.75, 3.05) is 20.3 Å². The Kier molecular flexibility index (Phi) is 6.16. The van der Waals surface area contributed by atoms with Gasteiger partial charge >= 0.3 is 0 Å². The first-order valence-electron chi connectivity index (χ1n) is 8.74. The van der Waals surface area contributed by atoms with Crippen LogP contribution in [-0.2, 0) is 10.5 Å². The maximum Gasteiger partial charge on any atom is 0.166 e. The van der Waals surface area contributed by atoms with Gasteiger partial charge in [0.05, 0.1) is 23.3 Å². The number of ether oxygens (including phenoxy) is 2. The molecule has 0 fully saturated rings. The molecule has 2 aromatic heterocycles. The third kappa shape index (κ3) is 4.37. The second-order valence-electron chi connectivity index (χ2n) is 6.36. The second kappa shape index (κ2) is 8.56. The molecular formula is C20H25N3O2S. The molecule has 0 unspecified atom stereocenters. The molecule has 0 atom stereocenters. The van der Waals surface area contributed by atoms with Gasteiger partial charge in [-0.1, -0.05) is 11.8 Å². The van der Waals surface area contributed by atoms with Gasteiger partial charge in [0.25, 0.3) is 0 Å². The quantitative estimate of drug-likeness (QED) is 0.463. The monoisotopic (exact) mass is 371 g/mol. The fraction of sp³-hybridized carbons (Fsp3) is 0.400. The van der Waals surface area contributed by atoms with Crippen molar-refractivity contribution in [1.29, 1.82) is 0 Å². The number of pyridine rings is 1. The van der Waals surface area contributed by atoms with Crippen molar-refractivity contribution in [2.24, 2.45) is 0 Å². The van der Waals surface area contributed by atoms with Crippen LogP contribution in [0.2, 0.25) is 0 Å². The molecule has 0 radical (unpaired) electrons. The number of nitrogens with one attached hydrogen (secondary N) is 1. The number of hydrogen-bond donors (Lipinski definition) is 1. The number of hydrogen-bond acceptors (Lipinski definition) is 5. The minimum Gasteiger partial charge on any atom is -0.493 e. The molecule has 0 bridgehead atoms. The summed E-state index contributed by atoms with van der Waals surface area (Å²) in [6.45, 7) is 7.64. The van der Waals surface area contributed by atoms with E-state index in [1.807, 2.05) is 6.07 Å². The van der Waals surface area contributed by atoms with Crippen LogP contribution < -0.4 is 4.74 Å². The smallest absolute Gasteiger partial charge is 0.166 e. The molecule has 1 N–H and O–H groups in total. The fourth-order valence-corrected chi connectivity index (χ4v) is 3.61. The lowest BCUT2D eigenvalue weighted by Gasteiger charge is -2.11. The lowest BCUT2D eigenvalue weighted by molar-refractivity contribution is 0.172. The zero-order valence-electron chi connectivity index (χ0n) is 15.8. The molecule has 0 amide bonds. The van der Waals surface area contributed by atoms with Gasteiger partial charge < -0.3 is 14.5 Å². The van der Waals surface area contributed by atoms with E-state index in [4.69, 9.17) is 9.47 Å². The number of aromatic nitrogens is 3. The highest BCUT2D eigenvalue weighted by Gasteiger charge is 2.10. The number of H-pyrrole nitrogens is 1. The Morgan fingerprint density at radius 3 is 2.73 bits per heavy atom. The minimum absolute atomic E-state index is 0.646. The van der Waals surface area contributed by atoms with Gasteiger partial charge in [0.15, 0.2) is 5.16 Å². The predicted molar refractivity (Wildman–Crippen MR) is 106 cm³/mol. The van der Waals surface area contributed by atoms with Gasteiger partial charge in [-0.2, -0.15) is 0 Å². The van der Waals surface area contributed by atoms with E-state index in [1.54, 1.807) is 25.1 Å². The predicted octanol–water partition coefficient (Wildman–Crippen LogP) is 4.59. The first kappa shape index (κ1) is 18.7. The summed E-state index contributed by atoms with van der Waals surface area (Å²) in [5, 5.41) is 0.914. The standard InChI is InChI=1S/C20H25N3O2S/c1-13-10-16-17(11-14(13)2)23-20(22-16)26-12-18-15(3)19(6-7-21-18)25-9-5-8-24-4/h6-7,10-11H,5,8-9,12H2,1-4H3,(H,22,23). The molecule has 6 heteroatoms. The highest BCUT2D eigenvalue weighted by atomic mass is 32.2. The van der Waals surface area contributed by atoms with Crippen LogP contribution in [0.5, 0.6) is 5.75 Å². The van der Waals surface area contributed by atoms with Crippen LogP contribution >= 0.6 is 11.8 Å². The van der Waals surface area contributed by atoms with Crippen molar-refractivity contribution in [3.63, 3.8) is 0 Å². The van der Waals surface area contributed by atoms with E-state index in [1.165, 1.54) is 11.1 Å². The maximum atomic E-state index is 5.85. The Hall–Kier alpha value is -2.05. The average molecular weight is 372 g/mol. The Balaban J connectivity index is 1.67. The molecule has 0 aliphatic heterocycles. The number of benzene rings is 1. The van der Waals surface area contributed by atoms with E-state index < -0.39 is 0 Å². The summed E-state index contributed by atoms with van der Waals surface area (Å²) in [6, 6.07) is 6.20. The van der Waals surface area contributed by atoms with Crippen molar-refractivity contribution >= 4 is 22.8 Å². The number of methoxy groups -OCH3 is 1. The maximum absolute atomic E-state index is 5.85. The Morgan fingerprint density at radius 1 is 1.12 bits per heavy atom. The van der Waals surface area contributed by atoms with Crippen LogP contribution in [0.1, 0.15) is 28.8 Å². The Morgan fingerprint density at radius 2 is 1.92 bits per heavy atom. The van der Waals surface area contributed by atoms with Crippen molar-refractivity contribution < 1.29 is 9.47 Å². The minimum atomic E-state index is 0.646. The zero-order chi connectivity index (χ0) is 18.5. The van der Waals surface area contributed by atoms with Crippen molar-refractivity contribution in [3.05, 3.63) is 46.8 Å². The van der Waals surface area contributed by atoms with E-state index in [0.29, 0.717) is 13.2 Å². The molecule has 26 heavy (non-hydrogen) atoms. The summed E-state index contributed by atoms with van der Waals surface area (Å²) in [5.74, 6) is 1.64. The Labute approximate surface area is 158 Å². The van der Waals surface area contributed by atoms with Gasteiger partial charge in [0, 0.05) is 37.7 Å². The van der Waals surface area contributed by atoms with Gasteiger partial charge in [-0.25, -0.2) is 4.98 Å². The number of fused-ring (bicyclic) bond motifs is 1. The van der Waals surface area contributed by atoms with Crippen molar-refractivity contribution in [3.8, 4) is 5.75 Å². The molecule has 0 spiro atoms. The number of imidazole rings is 1. The zero-order valence-corrected chi connectivity index (χ0v) is 16.6.